The number of rotatable bonds is 8. The summed E-state index contributed by atoms with van der Waals surface area (Å²) in [6.45, 7) is 6.50. The predicted octanol–water partition coefficient (Wildman–Crippen LogP) is 6.09. The predicted molar refractivity (Wildman–Crippen MR) is 117 cm³/mol. The Kier molecular flexibility index (Phi) is 6.60. The Morgan fingerprint density at radius 2 is 1.79 bits per heavy atom. The summed E-state index contributed by atoms with van der Waals surface area (Å²) < 4.78 is 17.8. The fraction of sp³-hybridized carbons (Fsp3) is 0.308. The zero-order valence-corrected chi connectivity index (χ0v) is 16.8. The highest BCUT2D eigenvalue weighted by Gasteiger charge is 2.26. The summed E-state index contributed by atoms with van der Waals surface area (Å²) in [5, 5.41) is 2.48. The van der Waals surface area contributed by atoms with Crippen molar-refractivity contribution in [2.75, 3.05) is 19.8 Å². The van der Waals surface area contributed by atoms with Crippen molar-refractivity contribution in [3.05, 3.63) is 90.5 Å². The molecule has 0 spiro atoms. The van der Waals surface area contributed by atoms with Gasteiger partial charge >= 0.3 is 0 Å². The maximum atomic E-state index is 6.15. The van der Waals surface area contributed by atoms with E-state index in [0.29, 0.717) is 19.1 Å². The van der Waals surface area contributed by atoms with Gasteiger partial charge in [-0.25, -0.2) is 0 Å². The lowest BCUT2D eigenvalue weighted by Crippen LogP contribution is -2.24. The molecule has 29 heavy (non-hydrogen) atoms. The fourth-order valence-electron chi connectivity index (χ4n) is 3.97. The Bertz CT molecular complexity index is 943. The van der Waals surface area contributed by atoms with Crippen molar-refractivity contribution in [1.29, 1.82) is 0 Å². The number of fused-ring (bicyclic) bond motifs is 1. The van der Waals surface area contributed by atoms with Crippen molar-refractivity contribution in [3.63, 3.8) is 0 Å². The van der Waals surface area contributed by atoms with Crippen molar-refractivity contribution >= 4 is 10.8 Å². The molecule has 150 valence electrons. The maximum Gasteiger partial charge on any atom is 0.120 e. The van der Waals surface area contributed by atoms with Crippen LogP contribution in [0.25, 0.3) is 10.8 Å². The van der Waals surface area contributed by atoms with E-state index >= 15 is 0 Å². The Morgan fingerprint density at radius 3 is 2.62 bits per heavy atom. The summed E-state index contributed by atoms with van der Waals surface area (Å²) in [5.41, 5.74) is 2.33. The lowest BCUT2D eigenvalue weighted by atomic mass is 9.89. The van der Waals surface area contributed by atoms with Gasteiger partial charge in [0.25, 0.3) is 0 Å². The minimum absolute atomic E-state index is 0.0427. The van der Waals surface area contributed by atoms with Crippen LogP contribution in [0.4, 0.5) is 0 Å². The molecule has 1 aliphatic heterocycles. The fourth-order valence-corrected chi connectivity index (χ4v) is 3.97. The summed E-state index contributed by atoms with van der Waals surface area (Å²) in [6.07, 6.45) is 3.89. The van der Waals surface area contributed by atoms with Crippen LogP contribution in [0.5, 0.6) is 5.75 Å². The van der Waals surface area contributed by atoms with E-state index in [2.05, 4.69) is 67.2 Å². The van der Waals surface area contributed by atoms with Gasteiger partial charge in [0.1, 0.15) is 12.4 Å². The van der Waals surface area contributed by atoms with Crippen LogP contribution >= 0.6 is 0 Å². The van der Waals surface area contributed by atoms with E-state index in [0.717, 1.165) is 42.9 Å². The molecule has 4 rings (SSSR count). The number of benzene rings is 3. The average Bonchev–Trinajstić information content (AvgIpc) is 2.79. The van der Waals surface area contributed by atoms with Gasteiger partial charge in [-0.1, -0.05) is 54.6 Å². The highest BCUT2D eigenvalue weighted by atomic mass is 16.5. The second-order valence-corrected chi connectivity index (χ2v) is 7.54. The van der Waals surface area contributed by atoms with Crippen LogP contribution in [0.15, 0.2) is 79.4 Å². The number of hydrogen-bond donors (Lipinski definition) is 0. The molecular weight excluding hydrogens is 360 g/mol. The third-order valence-corrected chi connectivity index (χ3v) is 5.49. The molecule has 0 aromatic heterocycles. The first-order valence-corrected chi connectivity index (χ1v) is 10.3. The first-order chi connectivity index (χ1) is 14.3. The number of ether oxygens (including phenoxy) is 3. The summed E-state index contributed by atoms with van der Waals surface area (Å²) in [7, 11) is 0. The van der Waals surface area contributed by atoms with Crippen LogP contribution in [0.1, 0.15) is 30.1 Å². The van der Waals surface area contributed by atoms with Crippen LogP contribution in [-0.2, 0) is 16.1 Å². The smallest absolute Gasteiger partial charge is 0.120 e. The topological polar surface area (TPSA) is 27.7 Å². The SMILES string of the molecule is C=CCOC(c1cccc(OCc2ccc3ccccc3c2)c1)C1CCOCC1. The Hall–Kier alpha value is -2.62. The molecule has 0 bridgehead atoms. The lowest BCUT2D eigenvalue weighted by molar-refractivity contribution is -0.0263. The van der Waals surface area contributed by atoms with Gasteiger partial charge in [0.15, 0.2) is 0 Å². The van der Waals surface area contributed by atoms with Gasteiger partial charge in [-0.3, -0.25) is 0 Å². The molecule has 0 amide bonds. The van der Waals surface area contributed by atoms with Crippen molar-refractivity contribution in [1.82, 2.24) is 0 Å². The van der Waals surface area contributed by atoms with E-state index in [1.165, 1.54) is 10.8 Å². The molecule has 3 aromatic rings. The monoisotopic (exact) mass is 388 g/mol. The first-order valence-electron chi connectivity index (χ1n) is 10.3. The van der Waals surface area contributed by atoms with E-state index in [4.69, 9.17) is 14.2 Å². The second kappa shape index (κ2) is 9.73. The zero-order valence-electron chi connectivity index (χ0n) is 16.8. The molecule has 1 heterocycles. The van der Waals surface area contributed by atoms with Crippen molar-refractivity contribution < 1.29 is 14.2 Å². The van der Waals surface area contributed by atoms with Crippen molar-refractivity contribution in [3.8, 4) is 5.75 Å². The van der Waals surface area contributed by atoms with Crippen molar-refractivity contribution in [2.45, 2.75) is 25.6 Å². The molecule has 1 aliphatic rings. The standard InChI is InChI=1S/C26H28O3/c1-2-14-28-26(22-12-15-27-16-13-22)24-8-5-9-25(18-24)29-19-20-10-11-21-6-3-4-7-23(21)17-20/h2-11,17-18,22,26H,1,12-16,19H2. The van der Waals surface area contributed by atoms with Crippen LogP contribution in [0.2, 0.25) is 0 Å². The van der Waals surface area contributed by atoms with Gasteiger partial charge in [0.2, 0.25) is 0 Å². The Labute approximate surface area is 172 Å². The van der Waals surface area contributed by atoms with Gasteiger partial charge in [-0.15, -0.1) is 6.58 Å². The van der Waals surface area contributed by atoms with Crippen molar-refractivity contribution in [2.24, 2.45) is 5.92 Å². The van der Waals surface area contributed by atoms with Gasteiger partial charge in [-0.05, 0) is 58.9 Å². The van der Waals surface area contributed by atoms with E-state index in [1.54, 1.807) is 0 Å². The second-order valence-electron chi connectivity index (χ2n) is 7.54. The number of hydrogen-bond acceptors (Lipinski definition) is 3. The molecular formula is C26H28O3. The largest absolute Gasteiger partial charge is 0.489 e. The normalized spacial score (nSPS) is 15.9. The van der Waals surface area contributed by atoms with Gasteiger partial charge < -0.3 is 14.2 Å². The highest BCUT2D eigenvalue weighted by molar-refractivity contribution is 5.82. The average molecular weight is 389 g/mol. The van der Waals surface area contributed by atoms with Gasteiger partial charge in [0, 0.05) is 13.2 Å². The van der Waals surface area contributed by atoms with Crippen LogP contribution < -0.4 is 4.74 Å². The molecule has 3 nitrogen and oxygen atoms in total. The summed E-state index contributed by atoms with van der Waals surface area (Å²) in [5.74, 6) is 1.33. The Morgan fingerprint density at radius 1 is 0.966 bits per heavy atom. The van der Waals surface area contributed by atoms with E-state index in [9.17, 15) is 0 Å². The molecule has 0 aliphatic carbocycles. The molecule has 1 saturated heterocycles. The van der Waals surface area contributed by atoms with Gasteiger partial charge in [-0.2, -0.15) is 0 Å². The third-order valence-electron chi connectivity index (χ3n) is 5.49. The summed E-state index contributed by atoms with van der Waals surface area (Å²) in [6, 6.07) is 23.2. The highest BCUT2D eigenvalue weighted by Crippen LogP contribution is 2.34. The third kappa shape index (κ3) is 5.06. The van der Waals surface area contributed by atoms with Crippen LogP contribution in [-0.4, -0.2) is 19.8 Å². The zero-order chi connectivity index (χ0) is 19.9. The quantitative estimate of drug-likeness (QED) is 0.437. The molecule has 0 radical (unpaired) electrons. The first kappa shape index (κ1) is 19.7. The summed E-state index contributed by atoms with van der Waals surface area (Å²) >= 11 is 0. The minimum Gasteiger partial charge on any atom is -0.489 e. The minimum atomic E-state index is 0.0427. The van der Waals surface area contributed by atoms with E-state index < -0.39 is 0 Å². The molecule has 3 heteroatoms. The molecule has 0 N–H and O–H groups in total. The lowest BCUT2D eigenvalue weighted by Gasteiger charge is -2.30. The van der Waals surface area contributed by atoms with Gasteiger partial charge in [0.05, 0.1) is 12.7 Å². The Balaban J connectivity index is 1.47. The van der Waals surface area contributed by atoms with E-state index in [-0.39, 0.29) is 6.10 Å². The molecule has 1 atom stereocenters. The van der Waals surface area contributed by atoms with Crippen LogP contribution in [0.3, 0.4) is 0 Å². The molecule has 1 unspecified atom stereocenters. The molecule has 0 saturated carbocycles. The van der Waals surface area contributed by atoms with E-state index in [1.807, 2.05) is 12.1 Å². The summed E-state index contributed by atoms with van der Waals surface area (Å²) in [4.78, 5) is 0. The molecule has 3 aromatic carbocycles. The molecule has 1 fully saturated rings. The maximum absolute atomic E-state index is 6.15. The van der Waals surface area contributed by atoms with Crippen LogP contribution in [0, 0.1) is 5.92 Å².